The highest BCUT2D eigenvalue weighted by molar-refractivity contribution is 5.95. The fourth-order valence-electron chi connectivity index (χ4n) is 3.20. The lowest BCUT2D eigenvalue weighted by Crippen LogP contribution is -2.41. The first kappa shape index (κ1) is 20.9. The molecule has 0 saturated carbocycles. The first-order chi connectivity index (χ1) is 14.0. The number of carbonyl (C=O) groups excluding carboxylic acids is 2. The van der Waals surface area contributed by atoms with Crippen molar-refractivity contribution in [2.75, 3.05) is 32.1 Å². The summed E-state index contributed by atoms with van der Waals surface area (Å²) >= 11 is 0. The highest BCUT2D eigenvalue weighted by Gasteiger charge is 2.24. The van der Waals surface area contributed by atoms with Gasteiger partial charge in [-0.1, -0.05) is 5.16 Å². The van der Waals surface area contributed by atoms with E-state index in [9.17, 15) is 9.59 Å². The number of rotatable bonds is 8. The van der Waals surface area contributed by atoms with E-state index in [0.29, 0.717) is 55.7 Å². The van der Waals surface area contributed by atoms with Crippen LogP contribution in [0.15, 0.2) is 28.8 Å². The predicted molar refractivity (Wildman–Crippen MR) is 104 cm³/mol. The maximum absolute atomic E-state index is 12.7. The van der Waals surface area contributed by atoms with Crippen LogP contribution in [-0.2, 0) is 27.3 Å². The molecule has 9 nitrogen and oxygen atoms in total. The number of piperidine rings is 1. The van der Waals surface area contributed by atoms with Gasteiger partial charge in [0, 0.05) is 44.8 Å². The second kappa shape index (κ2) is 10.1. The van der Waals surface area contributed by atoms with Gasteiger partial charge in [-0.3, -0.25) is 9.59 Å². The molecule has 156 valence electrons. The SMILES string of the molecule is COCc1nc(CCOC2CCN(C(=O)c3ccc(NC(C)=O)cc3)CC2)no1. The monoisotopic (exact) mass is 402 g/mol. The first-order valence-corrected chi connectivity index (χ1v) is 9.64. The summed E-state index contributed by atoms with van der Waals surface area (Å²) in [6.45, 7) is 3.56. The molecule has 1 aromatic heterocycles. The molecule has 0 radical (unpaired) electrons. The molecule has 1 fully saturated rings. The number of hydrogen-bond donors (Lipinski definition) is 1. The zero-order chi connectivity index (χ0) is 20.6. The Bertz CT molecular complexity index is 813. The largest absolute Gasteiger partial charge is 0.378 e. The number of nitrogens with one attached hydrogen (secondary N) is 1. The van der Waals surface area contributed by atoms with Gasteiger partial charge in [-0.2, -0.15) is 4.98 Å². The van der Waals surface area contributed by atoms with Gasteiger partial charge in [0.15, 0.2) is 5.82 Å². The van der Waals surface area contributed by atoms with E-state index < -0.39 is 0 Å². The average molecular weight is 402 g/mol. The van der Waals surface area contributed by atoms with Crippen molar-refractivity contribution in [1.82, 2.24) is 15.0 Å². The number of methoxy groups -OCH3 is 1. The van der Waals surface area contributed by atoms with Gasteiger partial charge in [0.2, 0.25) is 5.91 Å². The number of benzene rings is 1. The van der Waals surface area contributed by atoms with Gasteiger partial charge >= 0.3 is 0 Å². The van der Waals surface area contributed by atoms with E-state index >= 15 is 0 Å². The summed E-state index contributed by atoms with van der Waals surface area (Å²) in [5.41, 5.74) is 1.29. The van der Waals surface area contributed by atoms with Gasteiger partial charge in [-0.15, -0.1) is 0 Å². The molecule has 9 heteroatoms. The normalized spacial score (nSPS) is 14.8. The molecule has 1 N–H and O–H groups in total. The van der Waals surface area contributed by atoms with Crippen LogP contribution in [0.1, 0.15) is 41.8 Å². The molecule has 1 aliphatic heterocycles. The smallest absolute Gasteiger partial charge is 0.253 e. The topological polar surface area (TPSA) is 107 Å². The number of anilines is 1. The lowest BCUT2D eigenvalue weighted by atomic mass is 10.1. The van der Waals surface area contributed by atoms with E-state index in [1.165, 1.54) is 6.92 Å². The van der Waals surface area contributed by atoms with Gasteiger partial charge in [0.1, 0.15) is 6.61 Å². The molecular weight excluding hydrogens is 376 g/mol. The highest BCUT2D eigenvalue weighted by atomic mass is 16.5. The van der Waals surface area contributed by atoms with Crippen molar-refractivity contribution in [2.45, 2.75) is 38.9 Å². The van der Waals surface area contributed by atoms with Gasteiger partial charge in [0.05, 0.1) is 12.7 Å². The number of carbonyl (C=O) groups is 2. The van der Waals surface area contributed by atoms with E-state index in [1.807, 2.05) is 4.90 Å². The second-order valence-electron chi connectivity index (χ2n) is 6.91. The molecule has 2 amide bonds. The molecule has 0 atom stereocenters. The Kier molecular flexibility index (Phi) is 7.31. The number of nitrogens with zero attached hydrogens (tertiary/aromatic N) is 3. The summed E-state index contributed by atoms with van der Waals surface area (Å²) in [5, 5.41) is 6.58. The van der Waals surface area contributed by atoms with Gasteiger partial charge in [0.25, 0.3) is 11.8 Å². The zero-order valence-electron chi connectivity index (χ0n) is 16.7. The van der Waals surface area contributed by atoms with Crippen molar-refractivity contribution in [2.24, 2.45) is 0 Å². The molecule has 2 aromatic rings. The van der Waals surface area contributed by atoms with Crippen LogP contribution in [0.3, 0.4) is 0 Å². The third kappa shape index (κ3) is 6.10. The van der Waals surface area contributed by atoms with E-state index in [1.54, 1.807) is 31.4 Å². The van der Waals surface area contributed by atoms with Crippen LogP contribution in [-0.4, -0.2) is 59.8 Å². The predicted octanol–water partition coefficient (Wildman–Crippen LogP) is 2.04. The van der Waals surface area contributed by atoms with Crippen LogP contribution < -0.4 is 5.32 Å². The highest BCUT2D eigenvalue weighted by Crippen LogP contribution is 2.18. The Labute approximate surface area is 169 Å². The maximum atomic E-state index is 12.7. The summed E-state index contributed by atoms with van der Waals surface area (Å²) in [6.07, 6.45) is 2.27. The molecule has 0 bridgehead atoms. The number of hydrogen-bond acceptors (Lipinski definition) is 7. The average Bonchev–Trinajstić information content (AvgIpc) is 3.16. The minimum atomic E-state index is -0.138. The molecule has 0 spiro atoms. The quantitative estimate of drug-likeness (QED) is 0.720. The first-order valence-electron chi connectivity index (χ1n) is 9.64. The molecule has 1 aromatic carbocycles. The maximum Gasteiger partial charge on any atom is 0.253 e. The van der Waals surface area contributed by atoms with Crippen LogP contribution in [0.2, 0.25) is 0 Å². The molecule has 1 saturated heterocycles. The van der Waals surface area contributed by atoms with Crippen LogP contribution >= 0.6 is 0 Å². The Morgan fingerprint density at radius 2 is 1.97 bits per heavy atom. The lowest BCUT2D eigenvalue weighted by Gasteiger charge is -2.32. The summed E-state index contributed by atoms with van der Waals surface area (Å²) in [4.78, 5) is 29.8. The van der Waals surface area contributed by atoms with Crippen molar-refractivity contribution in [3.05, 3.63) is 41.5 Å². The van der Waals surface area contributed by atoms with Gasteiger partial charge in [-0.25, -0.2) is 0 Å². The minimum Gasteiger partial charge on any atom is -0.378 e. The molecular formula is C20H26N4O5. The fourth-order valence-corrected chi connectivity index (χ4v) is 3.20. The second-order valence-corrected chi connectivity index (χ2v) is 6.91. The van der Waals surface area contributed by atoms with Crippen molar-refractivity contribution in [3.8, 4) is 0 Å². The number of likely N-dealkylation sites (tertiary alicyclic amines) is 1. The van der Waals surface area contributed by atoms with E-state index in [0.717, 1.165) is 12.8 Å². The Balaban J connectivity index is 1.40. The number of aromatic nitrogens is 2. The molecule has 29 heavy (non-hydrogen) atoms. The minimum absolute atomic E-state index is 0.00436. The van der Waals surface area contributed by atoms with E-state index in [2.05, 4.69) is 15.5 Å². The fraction of sp³-hybridized carbons (Fsp3) is 0.500. The molecule has 1 aliphatic rings. The van der Waals surface area contributed by atoms with E-state index in [-0.39, 0.29) is 17.9 Å². The van der Waals surface area contributed by atoms with Crippen molar-refractivity contribution in [1.29, 1.82) is 0 Å². The van der Waals surface area contributed by atoms with Crippen LogP contribution in [0.25, 0.3) is 0 Å². The van der Waals surface area contributed by atoms with Crippen molar-refractivity contribution >= 4 is 17.5 Å². The molecule has 2 heterocycles. The number of ether oxygens (including phenoxy) is 2. The van der Waals surface area contributed by atoms with Crippen LogP contribution in [0.4, 0.5) is 5.69 Å². The Morgan fingerprint density at radius 1 is 1.24 bits per heavy atom. The zero-order valence-corrected chi connectivity index (χ0v) is 16.7. The molecule has 0 unspecified atom stereocenters. The third-order valence-corrected chi connectivity index (χ3v) is 4.64. The Morgan fingerprint density at radius 3 is 2.62 bits per heavy atom. The summed E-state index contributed by atoms with van der Waals surface area (Å²) in [5.74, 6) is 0.919. The van der Waals surface area contributed by atoms with Crippen molar-refractivity contribution in [3.63, 3.8) is 0 Å². The standard InChI is InChI=1S/C20H26N4O5/c1-14(25)21-16-5-3-15(4-6-16)20(26)24-10-7-17(8-11-24)28-12-9-18-22-19(13-27-2)29-23-18/h3-6,17H,7-13H2,1-2H3,(H,21,25). The van der Waals surface area contributed by atoms with Crippen LogP contribution in [0, 0.1) is 0 Å². The Hall–Kier alpha value is -2.78. The lowest BCUT2D eigenvalue weighted by molar-refractivity contribution is -0.114. The van der Waals surface area contributed by atoms with Crippen LogP contribution in [0.5, 0.6) is 0 Å². The summed E-state index contributed by atoms with van der Waals surface area (Å²) in [7, 11) is 1.57. The van der Waals surface area contributed by atoms with E-state index in [4.69, 9.17) is 14.0 Å². The number of amides is 2. The molecule has 0 aliphatic carbocycles. The van der Waals surface area contributed by atoms with Crippen molar-refractivity contribution < 1.29 is 23.6 Å². The third-order valence-electron chi connectivity index (χ3n) is 4.64. The summed E-state index contributed by atoms with van der Waals surface area (Å²) < 4.78 is 15.9. The van der Waals surface area contributed by atoms with Gasteiger partial charge in [-0.05, 0) is 37.1 Å². The van der Waals surface area contributed by atoms with Gasteiger partial charge < -0.3 is 24.2 Å². The molecule has 3 rings (SSSR count). The summed E-state index contributed by atoms with van der Waals surface area (Å²) in [6, 6.07) is 6.94.